The van der Waals surface area contributed by atoms with E-state index in [4.69, 9.17) is 0 Å². The molecule has 3 heterocycles. The Morgan fingerprint density at radius 3 is 2.29 bits per heavy atom. The van der Waals surface area contributed by atoms with Crippen molar-refractivity contribution in [2.24, 2.45) is 5.92 Å². The molecule has 2 aromatic rings. The number of carbonyl (C=O) groups is 1. The lowest BCUT2D eigenvalue weighted by Gasteiger charge is -2.53. The van der Waals surface area contributed by atoms with Crippen molar-refractivity contribution >= 4 is 5.78 Å². The lowest BCUT2D eigenvalue weighted by Crippen LogP contribution is -2.59. The molecular weight excluding hydrogens is 294 g/mol. The van der Waals surface area contributed by atoms with Crippen molar-refractivity contribution in [3.63, 3.8) is 0 Å². The predicted molar refractivity (Wildman–Crippen MR) is 95.9 cm³/mol. The minimum absolute atomic E-state index is 0.171. The van der Waals surface area contributed by atoms with Crippen LogP contribution in [0.3, 0.4) is 0 Å². The molecule has 24 heavy (non-hydrogen) atoms. The normalized spacial score (nSPS) is 30.0. The number of rotatable bonds is 2. The Morgan fingerprint density at radius 2 is 1.58 bits per heavy atom. The molecule has 1 aliphatic carbocycles. The summed E-state index contributed by atoms with van der Waals surface area (Å²) in [7, 11) is 0. The molecule has 4 aliphatic rings. The Kier molecular flexibility index (Phi) is 3.02. The molecule has 3 saturated heterocycles. The van der Waals surface area contributed by atoms with Crippen LogP contribution in [0.2, 0.25) is 0 Å². The minimum Gasteiger partial charge on any atom is -0.314 e. The Labute approximate surface area is 143 Å². The summed E-state index contributed by atoms with van der Waals surface area (Å²) in [5, 5.41) is 0. The maximum absolute atomic E-state index is 12.0. The summed E-state index contributed by atoms with van der Waals surface area (Å²) in [5.74, 6) is 1.13. The van der Waals surface area contributed by atoms with Gasteiger partial charge in [0.25, 0.3) is 0 Å². The van der Waals surface area contributed by atoms with Crippen molar-refractivity contribution in [2.75, 3.05) is 19.6 Å². The highest BCUT2D eigenvalue weighted by molar-refractivity contribution is 5.95. The van der Waals surface area contributed by atoms with Gasteiger partial charge in [-0.05, 0) is 49.3 Å². The second kappa shape index (κ2) is 5.03. The van der Waals surface area contributed by atoms with Gasteiger partial charge < -0.3 is 4.48 Å². The second-order valence-electron chi connectivity index (χ2n) is 7.97. The largest absolute Gasteiger partial charge is 0.314 e. The van der Waals surface area contributed by atoms with Crippen molar-refractivity contribution < 1.29 is 9.28 Å². The molecule has 2 heteroatoms. The van der Waals surface area contributed by atoms with E-state index in [9.17, 15) is 4.79 Å². The summed E-state index contributed by atoms with van der Waals surface area (Å²) in [4.78, 5) is 12.0. The summed E-state index contributed by atoms with van der Waals surface area (Å²) in [6.07, 6.45) is 4.13. The van der Waals surface area contributed by atoms with Crippen molar-refractivity contribution in [1.82, 2.24) is 0 Å². The van der Waals surface area contributed by atoms with Gasteiger partial charge in [-0.3, -0.25) is 4.79 Å². The van der Waals surface area contributed by atoms with Gasteiger partial charge in [-0.2, -0.15) is 0 Å². The Hall–Kier alpha value is -1.93. The molecule has 6 rings (SSSR count). The van der Waals surface area contributed by atoms with Gasteiger partial charge in [0.2, 0.25) is 0 Å². The van der Waals surface area contributed by atoms with Crippen LogP contribution >= 0.6 is 0 Å². The lowest BCUT2D eigenvalue weighted by molar-refractivity contribution is -0.965. The highest BCUT2D eigenvalue weighted by Gasteiger charge is 2.49. The SMILES string of the molecule is CC(=O)c1ccc2c(c1)C([N+]13CCC(CC1)CC3)c1ccccc1-2. The van der Waals surface area contributed by atoms with Gasteiger partial charge in [0.1, 0.15) is 6.04 Å². The summed E-state index contributed by atoms with van der Waals surface area (Å²) < 4.78 is 1.21. The molecule has 2 aromatic carbocycles. The average molecular weight is 318 g/mol. The fourth-order valence-corrected chi connectivity index (χ4v) is 5.47. The number of fused-ring (bicyclic) bond motifs is 6. The first kappa shape index (κ1) is 14.4. The third-order valence-electron chi connectivity index (χ3n) is 6.79. The zero-order valence-electron chi connectivity index (χ0n) is 14.3. The molecule has 0 radical (unpaired) electrons. The number of benzene rings is 2. The molecule has 1 atom stereocenters. The number of Topliss-reactive ketones (excluding diaryl/α,β-unsaturated/α-hetero) is 1. The lowest BCUT2D eigenvalue weighted by atomic mass is 9.82. The van der Waals surface area contributed by atoms with E-state index in [2.05, 4.69) is 36.4 Å². The van der Waals surface area contributed by atoms with Crippen LogP contribution in [0.15, 0.2) is 42.5 Å². The third kappa shape index (κ3) is 1.89. The van der Waals surface area contributed by atoms with Crippen LogP contribution in [0.25, 0.3) is 11.1 Å². The molecule has 0 saturated carbocycles. The van der Waals surface area contributed by atoms with E-state index in [0.29, 0.717) is 6.04 Å². The fourth-order valence-electron chi connectivity index (χ4n) is 5.47. The van der Waals surface area contributed by atoms with Gasteiger partial charge in [-0.1, -0.05) is 36.4 Å². The molecule has 0 aromatic heterocycles. The van der Waals surface area contributed by atoms with Crippen molar-refractivity contribution in [2.45, 2.75) is 32.2 Å². The maximum atomic E-state index is 12.0. The molecule has 1 unspecified atom stereocenters. The molecule has 3 aliphatic heterocycles. The number of quaternary nitrogens is 1. The third-order valence-corrected chi connectivity index (χ3v) is 6.79. The summed E-state index contributed by atoms with van der Waals surface area (Å²) in [6, 6.07) is 15.7. The average Bonchev–Trinajstić information content (AvgIpc) is 2.97. The monoisotopic (exact) mass is 318 g/mol. The molecule has 0 amide bonds. The van der Waals surface area contributed by atoms with Crippen LogP contribution in [0.1, 0.15) is 53.7 Å². The second-order valence-corrected chi connectivity index (χ2v) is 7.97. The van der Waals surface area contributed by atoms with E-state index < -0.39 is 0 Å². The van der Waals surface area contributed by atoms with Crippen molar-refractivity contribution in [3.05, 3.63) is 59.2 Å². The first-order chi connectivity index (χ1) is 11.7. The van der Waals surface area contributed by atoms with Crippen LogP contribution < -0.4 is 0 Å². The number of hydrogen-bond acceptors (Lipinski definition) is 1. The molecular formula is C22H24NO+. The van der Waals surface area contributed by atoms with Crippen molar-refractivity contribution in [1.29, 1.82) is 0 Å². The topological polar surface area (TPSA) is 17.1 Å². The molecule has 0 spiro atoms. The van der Waals surface area contributed by atoms with Crippen LogP contribution in [0.4, 0.5) is 0 Å². The van der Waals surface area contributed by atoms with Crippen LogP contribution in [0, 0.1) is 5.92 Å². The summed E-state index contributed by atoms with van der Waals surface area (Å²) in [5.41, 5.74) is 6.46. The van der Waals surface area contributed by atoms with Gasteiger partial charge in [0.05, 0.1) is 19.6 Å². The maximum Gasteiger partial charge on any atom is 0.159 e. The van der Waals surface area contributed by atoms with Crippen LogP contribution in [-0.2, 0) is 0 Å². The number of piperidine rings is 3. The van der Waals surface area contributed by atoms with E-state index in [1.54, 1.807) is 6.92 Å². The van der Waals surface area contributed by atoms with E-state index in [0.717, 1.165) is 11.5 Å². The van der Waals surface area contributed by atoms with Crippen molar-refractivity contribution in [3.8, 4) is 11.1 Å². The van der Waals surface area contributed by atoms with E-state index in [1.165, 1.54) is 65.6 Å². The minimum atomic E-state index is 0.171. The Morgan fingerprint density at radius 1 is 0.917 bits per heavy atom. The van der Waals surface area contributed by atoms with E-state index >= 15 is 0 Å². The summed E-state index contributed by atoms with van der Waals surface area (Å²) >= 11 is 0. The van der Waals surface area contributed by atoms with Gasteiger partial charge >= 0.3 is 0 Å². The predicted octanol–water partition coefficient (Wildman–Crippen LogP) is 4.59. The highest BCUT2D eigenvalue weighted by atomic mass is 16.1. The number of ketones is 1. The quantitative estimate of drug-likeness (QED) is 0.585. The molecule has 2 nitrogen and oxygen atoms in total. The van der Waals surface area contributed by atoms with Crippen LogP contribution in [-0.4, -0.2) is 29.9 Å². The first-order valence-corrected chi connectivity index (χ1v) is 9.28. The van der Waals surface area contributed by atoms with E-state index in [-0.39, 0.29) is 5.78 Å². The zero-order valence-corrected chi connectivity index (χ0v) is 14.3. The van der Waals surface area contributed by atoms with E-state index in [1.807, 2.05) is 6.07 Å². The van der Waals surface area contributed by atoms with Gasteiger partial charge in [-0.25, -0.2) is 0 Å². The Bertz CT molecular complexity index is 816. The zero-order chi connectivity index (χ0) is 16.3. The number of nitrogens with zero attached hydrogens (tertiary/aromatic N) is 1. The van der Waals surface area contributed by atoms with Gasteiger partial charge in [0, 0.05) is 16.7 Å². The molecule has 122 valence electrons. The molecule has 0 N–H and O–H groups in total. The number of hydrogen-bond donors (Lipinski definition) is 0. The molecule has 3 fully saturated rings. The fraction of sp³-hybridized carbons (Fsp3) is 0.409. The highest BCUT2D eigenvalue weighted by Crippen LogP contribution is 2.52. The molecule has 2 bridgehead atoms. The summed E-state index contributed by atoms with van der Waals surface area (Å²) in [6.45, 7) is 5.58. The van der Waals surface area contributed by atoms with Crippen LogP contribution in [0.5, 0.6) is 0 Å². The van der Waals surface area contributed by atoms with Gasteiger partial charge in [0.15, 0.2) is 5.78 Å². The first-order valence-electron chi connectivity index (χ1n) is 9.28. The standard InChI is InChI=1S/C22H24NO/c1-15(24)17-6-7-19-18-4-2-3-5-20(18)22(21(19)14-17)23-11-8-16(9-12-23)10-13-23/h2-7,14,16,22H,8-13H2,1H3/q+1. The number of carbonyl (C=O) groups excluding carboxylic acids is 1. The smallest absolute Gasteiger partial charge is 0.159 e. The Balaban J connectivity index is 1.72. The van der Waals surface area contributed by atoms with Gasteiger partial charge in [-0.15, -0.1) is 0 Å².